The van der Waals surface area contributed by atoms with E-state index in [0.717, 1.165) is 16.2 Å². The summed E-state index contributed by atoms with van der Waals surface area (Å²) in [7, 11) is 0. The smallest absolute Gasteiger partial charge is 0.251 e. The molecule has 2 aromatic rings. The Bertz CT molecular complexity index is 752. The molecule has 2 bridgehead atoms. The maximum absolute atomic E-state index is 12.4. The predicted molar refractivity (Wildman–Crippen MR) is 95.6 cm³/mol. The summed E-state index contributed by atoms with van der Waals surface area (Å²) >= 11 is 7.53. The highest BCUT2D eigenvalue weighted by atomic mass is 35.5. The van der Waals surface area contributed by atoms with Gasteiger partial charge in [-0.15, -0.1) is 0 Å². The van der Waals surface area contributed by atoms with E-state index in [9.17, 15) is 4.79 Å². The minimum atomic E-state index is 0.00956. The van der Waals surface area contributed by atoms with Crippen LogP contribution in [0.2, 0.25) is 5.02 Å². The van der Waals surface area contributed by atoms with E-state index < -0.39 is 0 Å². The standard InChI is InChI=1S/C18H18ClN3OS/c19-12-7-15(10-20-9-12)24-14-4-1-11(2-5-14)18(23)22-17-8-13-3-6-16(17)21-13/h1-2,4-5,7,9-10,13,16-17,21H,3,6,8H2,(H,22,23)/t13-,16+,17-/m1/s1. The molecule has 1 aromatic carbocycles. The maximum Gasteiger partial charge on any atom is 0.251 e. The summed E-state index contributed by atoms with van der Waals surface area (Å²) in [6.45, 7) is 0. The molecule has 2 N–H and O–H groups in total. The number of hydrogen-bond acceptors (Lipinski definition) is 4. The molecule has 0 saturated carbocycles. The Balaban J connectivity index is 1.39. The van der Waals surface area contributed by atoms with E-state index in [1.54, 1.807) is 24.2 Å². The molecule has 2 aliphatic rings. The van der Waals surface area contributed by atoms with Crippen molar-refractivity contribution in [1.82, 2.24) is 15.6 Å². The lowest BCUT2D eigenvalue weighted by atomic mass is 9.95. The Labute approximate surface area is 150 Å². The van der Waals surface area contributed by atoms with E-state index in [2.05, 4.69) is 15.6 Å². The van der Waals surface area contributed by atoms with Crippen LogP contribution in [0.4, 0.5) is 0 Å². The molecule has 2 aliphatic heterocycles. The molecule has 0 aliphatic carbocycles. The number of fused-ring (bicyclic) bond motifs is 2. The van der Waals surface area contributed by atoms with Crippen molar-refractivity contribution < 1.29 is 4.79 Å². The molecular formula is C18H18ClN3OS. The number of hydrogen-bond donors (Lipinski definition) is 2. The van der Waals surface area contributed by atoms with Crippen molar-refractivity contribution >= 4 is 29.3 Å². The van der Waals surface area contributed by atoms with Crippen molar-refractivity contribution in [3.05, 3.63) is 53.3 Å². The fourth-order valence-electron chi connectivity index (χ4n) is 3.49. The van der Waals surface area contributed by atoms with Crippen LogP contribution in [0.25, 0.3) is 0 Å². The van der Waals surface area contributed by atoms with Crippen LogP contribution in [-0.4, -0.2) is 29.0 Å². The summed E-state index contributed by atoms with van der Waals surface area (Å²) in [4.78, 5) is 18.5. The van der Waals surface area contributed by atoms with Gasteiger partial charge in [0.25, 0.3) is 5.91 Å². The summed E-state index contributed by atoms with van der Waals surface area (Å²) in [6, 6.07) is 10.8. The summed E-state index contributed by atoms with van der Waals surface area (Å²) < 4.78 is 0. The van der Waals surface area contributed by atoms with E-state index in [1.807, 2.05) is 30.3 Å². The summed E-state index contributed by atoms with van der Waals surface area (Å²) in [5.74, 6) is 0.00956. The lowest BCUT2D eigenvalue weighted by Crippen LogP contribution is -2.42. The lowest BCUT2D eigenvalue weighted by Gasteiger charge is -2.21. The van der Waals surface area contributed by atoms with Crippen LogP contribution < -0.4 is 10.6 Å². The van der Waals surface area contributed by atoms with Gasteiger partial charge < -0.3 is 10.6 Å². The number of amides is 1. The van der Waals surface area contributed by atoms with Crippen molar-refractivity contribution in [2.75, 3.05) is 0 Å². The van der Waals surface area contributed by atoms with Crippen LogP contribution in [-0.2, 0) is 0 Å². The van der Waals surface area contributed by atoms with Gasteiger partial charge in [0.2, 0.25) is 0 Å². The predicted octanol–water partition coefficient (Wildman–Crippen LogP) is 3.51. The monoisotopic (exact) mass is 359 g/mol. The first-order valence-electron chi connectivity index (χ1n) is 8.13. The van der Waals surface area contributed by atoms with E-state index in [0.29, 0.717) is 22.7 Å². The third-order valence-corrected chi connectivity index (χ3v) is 5.82. The number of pyridine rings is 1. The minimum Gasteiger partial charge on any atom is -0.348 e. The average Bonchev–Trinajstić information content (AvgIpc) is 3.18. The van der Waals surface area contributed by atoms with Gasteiger partial charge in [-0.25, -0.2) is 0 Å². The number of nitrogens with one attached hydrogen (secondary N) is 2. The average molecular weight is 360 g/mol. The van der Waals surface area contributed by atoms with Crippen molar-refractivity contribution in [1.29, 1.82) is 0 Å². The number of halogens is 1. The van der Waals surface area contributed by atoms with Crippen molar-refractivity contribution in [2.45, 2.75) is 47.2 Å². The van der Waals surface area contributed by atoms with E-state index >= 15 is 0 Å². The molecule has 1 amide bonds. The molecule has 1 aromatic heterocycles. The molecule has 0 spiro atoms. The summed E-state index contributed by atoms with van der Waals surface area (Å²) in [6.07, 6.45) is 6.84. The topological polar surface area (TPSA) is 54.0 Å². The second-order valence-electron chi connectivity index (χ2n) is 6.33. The Morgan fingerprint density at radius 1 is 1.21 bits per heavy atom. The van der Waals surface area contributed by atoms with Gasteiger partial charge in [0.15, 0.2) is 0 Å². The maximum atomic E-state index is 12.4. The Morgan fingerprint density at radius 3 is 2.71 bits per heavy atom. The zero-order valence-electron chi connectivity index (χ0n) is 13.0. The Kier molecular flexibility index (Phi) is 4.48. The number of rotatable bonds is 4. The zero-order chi connectivity index (χ0) is 16.5. The molecule has 4 rings (SSSR count). The molecular weight excluding hydrogens is 342 g/mol. The molecule has 0 radical (unpaired) electrons. The van der Waals surface area contributed by atoms with Crippen LogP contribution in [0.1, 0.15) is 29.6 Å². The number of aromatic nitrogens is 1. The van der Waals surface area contributed by atoms with Crippen molar-refractivity contribution in [2.24, 2.45) is 0 Å². The second-order valence-corrected chi connectivity index (χ2v) is 7.91. The molecule has 2 fully saturated rings. The number of carbonyl (C=O) groups excluding carboxylic acids is 1. The Morgan fingerprint density at radius 2 is 2.04 bits per heavy atom. The first kappa shape index (κ1) is 15.9. The van der Waals surface area contributed by atoms with Gasteiger partial charge in [-0.3, -0.25) is 9.78 Å². The third-order valence-electron chi connectivity index (χ3n) is 4.65. The van der Waals surface area contributed by atoms with Gasteiger partial charge in [0, 0.05) is 45.9 Å². The first-order chi connectivity index (χ1) is 11.7. The van der Waals surface area contributed by atoms with Crippen LogP contribution in [0.5, 0.6) is 0 Å². The Hall–Kier alpha value is -1.56. The number of carbonyl (C=O) groups is 1. The van der Waals surface area contributed by atoms with E-state index in [-0.39, 0.29) is 11.9 Å². The SMILES string of the molecule is O=C(N[C@@H]1C[C@H]2CC[C@@H]1N2)c1ccc(Sc2cncc(Cl)c2)cc1. The van der Waals surface area contributed by atoms with Gasteiger partial charge in [-0.2, -0.15) is 0 Å². The normalized spacial score (nSPS) is 25.0. The quantitative estimate of drug-likeness (QED) is 0.877. The number of nitrogens with zero attached hydrogens (tertiary/aromatic N) is 1. The van der Waals surface area contributed by atoms with Gasteiger partial charge in [-0.1, -0.05) is 23.4 Å². The summed E-state index contributed by atoms with van der Waals surface area (Å²) in [5.41, 5.74) is 0.700. The summed E-state index contributed by atoms with van der Waals surface area (Å²) in [5, 5.41) is 7.33. The van der Waals surface area contributed by atoms with Gasteiger partial charge in [0.05, 0.1) is 5.02 Å². The molecule has 124 valence electrons. The highest BCUT2D eigenvalue weighted by Crippen LogP contribution is 2.30. The minimum absolute atomic E-state index is 0.00956. The molecule has 3 atom stereocenters. The number of benzene rings is 1. The van der Waals surface area contributed by atoms with Gasteiger partial charge in [-0.05, 0) is 49.6 Å². The largest absolute Gasteiger partial charge is 0.348 e. The van der Waals surface area contributed by atoms with Crippen molar-refractivity contribution in [3.63, 3.8) is 0 Å². The van der Waals surface area contributed by atoms with Crippen LogP contribution in [0.3, 0.4) is 0 Å². The first-order valence-corrected chi connectivity index (χ1v) is 9.32. The molecule has 2 saturated heterocycles. The lowest BCUT2D eigenvalue weighted by molar-refractivity contribution is 0.0931. The fraction of sp³-hybridized carbons (Fsp3) is 0.333. The zero-order valence-corrected chi connectivity index (χ0v) is 14.6. The molecule has 0 unspecified atom stereocenters. The van der Waals surface area contributed by atoms with Crippen LogP contribution >= 0.6 is 23.4 Å². The highest BCUT2D eigenvalue weighted by molar-refractivity contribution is 7.99. The van der Waals surface area contributed by atoms with Gasteiger partial charge >= 0.3 is 0 Å². The van der Waals surface area contributed by atoms with E-state index in [1.165, 1.54) is 12.8 Å². The molecule has 4 nitrogen and oxygen atoms in total. The third kappa shape index (κ3) is 3.43. The van der Waals surface area contributed by atoms with Crippen LogP contribution in [0.15, 0.2) is 52.5 Å². The second kappa shape index (κ2) is 6.75. The van der Waals surface area contributed by atoms with Crippen LogP contribution in [0, 0.1) is 0 Å². The van der Waals surface area contributed by atoms with E-state index in [4.69, 9.17) is 11.6 Å². The van der Waals surface area contributed by atoms with Gasteiger partial charge in [0.1, 0.15) is 0 Å². The fourth-order valence-corrected chi connectivity index (χ4v) is 4.58. The molecule has 24 heavy (non-hydrogen) atoms. The highest BCUT2D eigenvalue weighted by Gasteiger charge is 2.39. The molecule has 3 heterocycles. The molecule has 6 heteroatoms. The van der Waals surface area contributed by atoms with Crippen molar-refractivity contribution in [3.8, 4) is 0 Å².